The van der Waals surface area contributed by atoms with Gasteiger partial charge < -0.3 is 5.32 Å². The second-order valence-electron chi connectivity index (χ2n) is 6.29. The van der Waals surface area contributed by atoms with Gasteiger partial charge in [0.1, 0.15) is 0 Å². The highest BCUT2D eigenvalue weighted by Gasteiger charge is 2.16. The predicted octanol–water partition coefficient (Wildman–Crippen LogP) is 4.80. The van der Waals surface area contributed by atoms with Gasteiger partial charge in [-0.1, -0.05) is 58.0 Å². The van der Waals surface area contributed by atoms with Gasteiger partial charge in [-0.2, -0.15) is 0 Å². The molecule has 0 spiro atoms. The summed E-state index contributed by atoms with van der Waals surface area (Å²) in [6, 6.07) is 11.9. The third-order valence-corrected chi connectivity index (χ3v) is 3.22. The van der Waals surface area contributed by atoms with Gasteiger partial charge in [0, 0.05) is 12.1 Å². The fourth-order valence-corrected chi connectivity index (χ4v) is 2.58. The maximum atomic E-state index is 3.80. The molecule has 2 unspecified atom stereocenters. The van der Waals surface area contributed by atoms with Crippen LogP contribution in [0.3, 0.4) is 0 Å². The molecule has 18 heavy (non-hydrogen) atoms. The molecule has 2 atom stereocenters. The van der Waals surface area contributed by atoms with Crippen LogP contribution in [0.15, 0.2) is 30.3 Å². The van der Waals surface area contributed by atoms with Crippen LogP contribution in [0.25, 0.3) is 0 Å². The van der Waals surface area contributed by atoms with Gasteiger partial charge in [-0.15, -0.1) is 0 Å². The molecule has 0 amide bonds. The van der Waals surface area contributed by atoms with Crippen molar-refractivity contribution in [1.82, 2.24) is 5.32 Å². The van der Waals surface area contributed by atoms with E-state index in [-0.39, 0.29) is 0 Å². The van der Waals surface area contributed by atoms with Gasteiger partial charge in [-0.25, -0.2) is 0 Å². The van der Waals surface area contributed by atoms with Crippen LogP contribution in [0.2, 0.25) is 0 Å². The van der Waals surface area contributed by atoms with Gasteiger partial charge in [0.15, 0.2) is 0 Å². The summed E-state index contributed by atoms with van der Waals surface area (Å²) in [5.74, 6) is 1.47. The van der Waals surface area contributed by atoms with E-state index >= 15 is 0 Å². The van der Waals surface area contributed by atoms with Gasteiger partial charge in [-0.3, -0.25) is 0 Å². The number of nitrogens with one attached hydrogen (secondary N) is 1. The van der Waals surface area contributed by atoms with Crippen molar-refractivity contribution in [1.29, 1.82) is 0 Å². The fraction of sp³-hybridized carbons (Fsp3) is 0.647. The smallest absolute Gasteiger partial charge is 0.0324 e. The second kappa shape index (κ2) is 7.58. The Morgan fingerprint density at radius 2 is 1.39 bits per heavy atom. The first kappa shape index (κ1) is 15.2. The van der Waals surface area contributed by atoms with Crippen molar-refractivity contribution in [2.24, 2.45) is 11.8 Å². The highest BCUT2D eigenvalue weighted by molar-refractivity contribution is 5.19. The molecule has 1 N–H and O–H groups in total. The Hall–Kier alpha value is -0.820. The molecule has 0 saturated heterocycles. The molecule has 1 nitrogen and oxygen atoms in total. The third kappa shape index (κ3) is 5.68. The Bertz CT molecular complexity index is 316. The largest absolute Gasteiger partial charge is 0.307 e. The highest BCUT2D eigenvalue weighted by Crippen LogP contribution is 2.22. The lowest BCUT2D eigenvalue weighted by Gasteiger charge is -2.26. The van der Waals surface area contributed by atoms with E-state index in [0.29, 0.717) is 18.0 Å². The van der Waals surface area contributed by atoms with Crippen molar-refractivity contribution in [3.8, 4) is 0 Å². The molecule has 102 valence electrons. The van der Waals surface area contributed by atoms with Gasteiger partial charge in [-0.05, 0) is 37.2 Å². The van der Waals surface area contributed by atoms with Gasteiger partial charge in [0.05, 0.1) is 0 Å². The normalized spacial score (nSPS) is 15.1. The van der Waals surface area contributed by atoms with Crippen LogP contribution >= 0.6 is 0 Å². The second-order valence-corrected chi connectivity index (χ2v) is 6.29. The lowest BCUT2D eigenvalue weighted by atomic mass is 9.95. The highest BCUT2D eigenvalue weighted by atomic mass is 14.9. The number of rotatable bonds is 7. The number of benzene rings is 1. The lowest BCUT2D eigenvalue weighted by Crippen LogP contribution is -2.32. The van der Waals surface area contributed by atoms with Crippen LogP contribution in [0.1, 0.15) is 59.1 Å². The fourth-order valence-electron chi connectivity index (χ4n) is 2.58. The molecule has 0 fully saturated rings. The molecule has 0 bridgehead atoms. The summed E-state index contributed by atoms with van der Waals surface area (Å²) in [6.07, 6.45) is 2.44. The standard InChI is InChI=1S/C17H29N/c1-13(2)11-15(5)18-17(12-14(3)4)16-9-7-6-8-10-16/h6-10,13-15,17-18H,11-12H2,1-5H3. The summed E-state index contributed by atoms with van der Waals surface area (Å²) in [4.78, 5) is 0. The number of hydrogen-bond donors (Lipinski definition) is 1. The first-order valence-electron chi connectivity index (χ1n) is 7.30. The Kier molecular flexibility index (Phi) is 6.42. The molecule has 0 radical (unpaired) electrons. The summed E-state index contributed by atoms with van der Waals surface area (Å²) in [5.41, 5.74) is 1.42. The predicted molar refractivity (Wildman–Crippen MR) is 80.7 cm³/mol. The molecular formula is C17H29N. The zero-order valence-corrected chi connectivity index (χ0v) is 12.6. The molecule has 0 aliphatic carbocycles. The monoisotopic (exact) mass is 247 g/mol. The van der Waals surface area contributed by atoms with E-state index in [1.807, 2.05) is 0 Å². The van der Waals surface area contributed by atoms with Crippen LogP contribution in [-0.4, -0.2) is 6.04 Å². The van der Waals surface area contributed by atoms with E-state index in [1.165, 1.54) is 18.4 Å². The molecular weight excluding hydrogens is 218 g/mol. The SMILES string of the molecule is CC(C)CC(C)NC(CC(C)C)c1ccccc1. The van der Waals surface area contributed by atoms with E-state index in [1.54, 1.807) is 0 Å². The summed E-state index contributed by atoms with van der Waals surface area (Å²) in [5, 5.41) is 3.80. The summed E-state index contributed by atoms with van der Waals surface area (Å²) < 4.78 is 0. The molecule has 0 aliphatic heterocycles. The minimum absolute atomic E-state index is 0.486. The summed E-state index contributed by atoms with van der Waals surface area (Å²) >= 11 is 0. The Labute approximate surface area is 113 Å². The summed E-state index contributed by atoms with van der Waals surface area (Å²) in [7, 11) is 0. The van der Waals surface area contributed by atoms with Gasteiger partial charge in [0.2, 0.25) is 0 Å². The Morgan fingerprint density at radius 3 is 1.89 bits per heavy atom. The molecule has 0 aliphatic rings. The first-order valence-corrected chi connectivity index (χ1v) is 7.30. The molecule has 1 aromatic rings. The number of hydrogen-bond acceptors (Lipinski definition) is 1. The topological polar surface area (TPSA) is 12.0 Å². The third-order valence-electron chi connectivity index (χ3n) is 3.22. The minimum atomic E-state index is 0.486. The molecule has 0 aromatic heterocycles. The minimum Gasteiger partial charge on any atom is -0.307 e. The average molecular weight is 247 g/mol. The zero-order valence-electron chi connectivity index (χ0n) is 12.6. The van der Waals surface area contributed by atoms with Gasteiger partial charge >= 0.3 is 0 Å². The van der Waals surface area contributed by atoms with Crippen molar-refractivity contribution >= 4 is 0 Å². The van der Waals surface area contributed by atoms with E-state index in [9.17, 15) is 0 Å². The van der Waals surface area contributed by atoms with Gasteiger partial charge in [0.25, 0.3) is 0 Å². The van der Waals surface area contributed by atoms with E-state index < -0.39 is 0 Å². The first-order chi connectivity index (χ1) is 8.49. The average Bonchev–Trinajstić information content (AvgIpc) is 2.27. The molecule has 0 heterocycles. The van der Waals surface area contributed by atoms with E-state index in [2.05, 4.69) is 70.3 Å². The van der Waals surface area contributed by atoms with Crippen LogP contribution in [0.5, 0.6) is 0 Å². The van der Waals surface area contributed by atoms with Crippen molar-refractivity contribution in [2.45, 2.75) is 59.5 Å². The van der Waals surface area contributed by atoms with Crippen LogP contribution in [0.4, 0.5) is 0 Å². The zero-order chi connectivity index (χ0) is 13.5. The van der Waals surface area contributed by atoms with Crippen molar-refractivity contribution in [2.75, 3.05) is 0 Å². The maximum Gasteiger partial charge on any atom is 0.0324 e. The van der Waals surface area contributed by atoms with Crippen LogP contribution in [-0.2, 0) is 0 Å². The van der Waals surface area contributed by atoms with Crippen LogP contribution < -0.4 is 5.32 Å². The Balaban J connectivity index is 2.67. The quantitative estimate of drug-likeness (QED) is 0.730. The van der Waals surface area contributed by atoms with Crippen molar-refractivity contribution in [3.05, 3.63) is 35.9 Å². The van der Waals surface area contributed by atoms with Crippen molar-refractivity contribution in [3.63, 3.8) is 0 Å². The lowest BCUT2D eigenvalue weighted by molar-refractivity contribution is 0.355. The van der Waals surface area contributed by atoms with Crippen LogP contribution in [0, 0.1) is 11.8 Å². The maximum absolute atomic E-state index is 3.80. The molecule has 1 rings (SSSR count). The van der Waals surface area contributed by atoms with E-state index in [0.717, 1.165) is 5.92 Å². The molecule has 0 saturated carbocycles. The van der Waals surface area contributed by atoms with Crippen molar-refractivity contribution < 1.29 is 0 Å². The summed E-state index contributed by atoms with van der Waals surface area (Å²) in [6.45, 7) is 11.5. The van der Waals surface area contributed by atoms with E-state index in [4.69, 9.17) is 0 Å². The molecule has 1 aromatic carbocycles. The Morgan fingerprint density at radius 1 is 0.833 bits per heavy atom. The molecule has 1 heteroatoms.